The largest absolute Gasteiger partial charge is 0.308 e. The van der Waals surface area contributed by atoms with Crippen molar-refractivity contribution in [2.45, 2.75) is 13.1 Å². The van der Waals surface area contributed by atoms with Gasteiger partial charge in [-0.1, -0.05) is 42.5 Å². The predicted octanol–water partition coefficient (Wildman–Crippen LogP) is 5.03. The maximum atomic E-state index is 13.8. The zero-order chi connectivity index (χ0) is 17.8. The van der Waals surface area contributed by atoms with Crippen molar-refractivity contribution in [2.24, 2.45) is 0 Å². The second-order valence-electron chi connectivity index (χ2n) is 5.96. The molecule has 26 heavy (non-hydrogen) atoms. The van der Waals surface area contributed by atoms with Gasteiger partial charge in [-0.05, 0) is 29.6 Å². The Labute approximate surface area is 155 Å². The molecule has 2 aromatic heterocycles. The van der Waals surface area contributed by atoms with Gasteiger partial charge in [0, 0.05) is 30.4 Å². The lowest BCUT2D eigenvalue weighted by atomic mass is 10.2. The van der Waals surface area contributed by atoms with Crippen molar-refractivity contribution in [1.29, 1.82) is 0 Å². The van der Waals surface area contributed by atoms with E-state index in [0.29, 0.717) is 18.7 Å². The summed E-state index contributed by atoms with van der Waals surface area (Å²) in [5, 5.41) is 10.2. The zero-order valence-corrected chi connectivity index (χ0v) is 14.9. The molecule has 0 aliphatic rings. The Bertz CT molecular complexity index is 978. The van der Waals surface area contributed by atoms with Crippen LogP contribution in [0.25, 0.3) is 16.3 Å². The molecule has 0 fully saturated rings. The Morgan fingerprint density at radius 1 is 0.885 bits per heavy atom. The third-order valence-corrected chi connectivity index (χ3v) is 5.03. The highest BCUT2D eigenvalue weighted by atomic mass is 32.1. The van der Waals surface area contributed by atoms with Gasteiger partial charge < -0.3 is 5.32 Å². The van der Waals surface area contributed by atoms with Crippen LogP contribution in [-0.2, 0) is 13.1 Å². The molecule has 0 unspecified atom stereocenters. The van der Waals surface area contributed by atoms with Gasteiger partial charge >= 0.3 is 0 Å². The highest BCUT2D eigenvalue weighted by Gasteiger charge is 2.13. The summed E-state index contributed by atoms with van der Waals surface area (Å²) in [4.78, 5) is 1.13. The van der Waals surface area contributed by atoms with Gasteiger partial charge in [-0.3, -0.25) is 0 Å². The fraction of sp³-hybridized carbons (Fsp3) is 0.0952. The summed E-state index contributed by atoms with van der Waals surface area (Å²) in [6.45, 7) is 1.10. The molecule has 0 atom stereocenters. The van der Waals surface area contributed by atoms with Gasteiger partial charge in [0.2, 0.25) is 0 Å². The molecular formula is C21H18FN3S. The minimum Gasteiger partial charge on any atom is -0.308 e. The number of para-hydroxylation sites is 1. The number of nitrogens with one attached hydrogen (secondary N) is 1. The highest BCUT2D eigenvalue weighted by Crippen LogP contribution is 2.27. The molecular weight excluding hydrogens is 345 g/mol. The Hall–Kier alpha value is -2.76. The fourth-order valence-electron chi connectivity index (χ4n) is 2.85. The van der Waals surface area contributed by atoms with Crippen molar-refractivity contribution < 1.29 is 4.39 Å². The molecule has 0 amide bonds. The van der Waals surface area contributed by atoms with E-state index >= 15 is 0 Å². The lowest BCUT2D eigenvalue weighted by molar-refractivity contribution is 0.588. The van der Waals surface area contributed by atoms with E-state index in [1.54, 1.807) is 23.5 Å². The maximum absolute atomic E-state index is 13.8. The first-order valence-electron chi connectivity index (χ1n) is 8.43. The van der Waals surface area contributed by atoms with Crippen LogP contribution in [0.2, 0.25) is 0 Å². The van der Waals surface area contributed by atoms with Crippen LogP contribution in [0.15, 0.2) is 78.3 Å². The Morgan fingerprint density at radius 2 is 1.65 bits per heavy atom. The van der Waals surface area contributed by atoms with Crippen LogP contribution in [0.3, 0.4) is 0 Å². The molecule has 0 aliphatic carbocycles. The summed E-state index contributed by atoms with van der Waals surface area (Å²) in [5.74, 6) is -0.182. The number of aromatic nitrogens is 2. The smallest absolute Gasteiger partial charge is 0.127 e. The van der Waals surface area contributed by atoms with E-state index in [0.717, 1.165) is 21.8 Å². The van der Waals surface area contributed by atoms with Crippen molar-refractivity contribution in [3.8, 4) is 16.3 Å². The van der Waals surface area contributed by atoms with Crippen LogP contribution >= 0.6 is 11.3 Å². The first-order chi connectivity index (χ1) is 12.8. The number of hydrogen-bond donors (Lipinski definition) is 1. The van der Waals surface area contributed by atoms with Crippen molar-refractivity contribution in [3.05, 3.63) is 95.3 Å². The first kappa shape index (κ1) is 16.7. The third-order valence-electron chi connectivity index (χ3n) is 4.15. The molecule has 3 nitrogen and oxygen atoms in total. The second-order valence-corrected chi connectivity index (χ2v) is 6.90. The van der Waals surface area contributed by atoms with E-state index in [-0.39, 0.29) is 5.82 Å². The summed E-state index contributed by atoms with van der Waals surface area (Å²) in [5.41, 5.74) is 3.74. The Kier molecular flexibility index (Phi) is 4.91. The topological polar surface area (TPSA) is 29.9 Å². The molecule has 4 aromatic rings. The summed E-state index contributed by atoms with van der Waals surface area (Å²) in [6, 6.07) is 21.0. The van der Waals surface area contributed by atoms with Gasteiger partial charge in [-0.15, -0.1) is 11.3 Å². The third kappa shape index (κ3) is 3.59. The van der Waals surface area contributed by atoms with E-state index in [1.165, 1.54) is 6.07 Å². The second kappa shape index (κ2) is 7.64. The first-order valence-corrected chi connectivity index (χ1v) is 9.31. The molecule has 130 valence electrons. The predicted molar refractivity (Wildman–Crippen MR) is 104 cm³/mol. The Morgan fingerprint density at radius 3 is 2.42 bits per heavy atom. The lowest BCUT2D eigenvalue weighted by Gasteiger charge is -2.05. The Balaban J connectivity index is 1.58. The summed E-state index contributed by atoms with van der Waals surface area (Å²) in [6.07, 6.45) is 2.04. The number of nitrogens with zero attached hydrogens (tertiary/aromatic N) is 2. The number of rotatable bonds is 6. The normalized spacial score (nSPS) is 11.0. The minimum atomic E-state index is -0.182. The minimum absolute atomic E-state index is 0.182. The highest BCUT2D eigenvalue weighted by molar-refractivity contribution is 7.13. The van der Waals surface area contributed by atoms with Crippen LogP contribution in [-0.4, -0.2) is 9.78 Å². The average Bonchev–Trinajstić information content (AvgIpc) is 3.34. The fourth-order valence-corrected chi connectivity index (χ4v) is 3.59. The molecule has 4 rings (SSSR count). The van der Waals surface area contributed by atoms with Crippen LogP contribution in [0, 0.1) is 5.82 Å². The SMILES string of the molecule is Fc1ccccc1CNCc1cn(-c2ccccc2)nc1-c1cccs1. The van der Waals surface area contributed by atoms with Crippen LogP contribution < -0.4 is 5.32 Å². The molecule has 0 spiro atoms. The number of benzene rings is 2. The molecule has 0 aliphatic heterocycles. The van der Waals surface area contributed by atoms with Crippen LogP contribution in [0.4, 0.5) is 4.39 Å². The van der Waals surface area contributed by atoms with E-state index in [4.69, 9.17) is 5.10 Å². The lowest BCUT2D eigenvalue weighted by Crippen LogP contribution is -2.13. The quantitative estimate of drug-likeness (QED) is 0.521. The standard InChI is InChI=1S/C21H18FN3S/c22-19-10-5-4-7-16(19)13-23-14-17-15-25(18-8-2-1-3-9-18)24-21(17)20-11-6-12-26-20/h1-12,15,23H,13-14H2. The zero-order valence-electron chi connectivity index (χ0n) is 14.1. The van der Waals surface area contributed by atoms with Gasteiger partial charge in [-0.25, -0.2) is 9.07 Å². The van der Waals surface area contributed by atoms with Gasteiger partial charge in [0.05, 0.1) is 10.6 Å². The molecule has 5 heteroatoms. The van der Waals surface area contributed by atoms with Gasteiger partial charge in [-0.2, -0.15) is 5.10 Å². The summed E-state index contributed by atoms with van der Waals surface area (Å²) < 4.78 is 15.7. The molecule has 0 radical (unpaired) electrons. The van der Waals surface area contributed by atoms with Crippen molar-refractivity contribution in [1.82, 2.24) is 15.1 Å². The average molecular weight is 363 g/mol. The summed E-state index contributed by atoms with van der Waals surface area (Å²) >= 11 is 1.67. The van der Waals surface area contributed by atoms with Crippen molar-refractivity contribution >= 4 is 11.3 Å². The molecule has 0 saturated carbocycles. The van der Waals surface area contributed by atoms with Crippen LogP contribution in [0.5, 0.6) is 0 Å². The molecule has 0 bridgehead atoms. The molecule has 1 N–H and O–H groups in total. The van der Waals surface area contributed by atoms with Gasteiger partial charge in [0.1, 0.15) is 11.5 Å². The monoisotopic (exact) mass is 363 g/mol. The number of halogens is 1. The number of thiophene rings is 1. The van der Waals surface area contributed by atoms with Crippen molar-refractivity contribution in [3.63, 3.8) is 0 Å². The molecule has 0 saturated heterocycles. The van der Waals surface area contributed by atoms with E-state index in [2.05, 4.69) is 11.4 Å². The van der Waals surface area contributed by atoms with E-state index < -0.39 is 0 Å². The van der Waals surface area contributed by atoms with E-state index in [1.807, 2.05) is 58.7 Å². The maximum Gasteiger partial charge on any atom is 0.127 e. The molecule has 2 heterocycles. The summed E-state index contributed by atoms with van der Waals surface area (Å²) in [7, 11) is 0. The molecule has 2 aromatic carbocycles. The number of hydrogen-bond acceptors (Lipinski definition) is 3. The van der Waals surface area contributed by atoms with Gasteiger partial charge in [0.25, 0.3) is 0 Å². The van der Waals surface area contributed by atoms with Crippen molar-refractivity contribution in [2.75, 3.05) is 0 Å². The van der Waals surface area contributed by atoms with Gasteiger partial charge in [0.15, 0.2) is 0 Å². The van der Waals surface area contributed by atoms with E-state index in [9.17, 15) is 4.39 Å². The van der Waals surface area contributed by atoms with Crippen LogP contribution in [0.1, 0.15) is 11.1 Å².